The van der Waals surface area contributed by atoms with Crippen LogP contribution in [0.25, 0.3) is 0 Å². The van der Waals surface area contributed by atoms with Crippen LogP contribution in [0.15, 0.2) is 24.3 Å². The van der Waals surface area contributed by atoms with Gasteiger partial charge in [-0.3, -0.25) is 4.79 Å². The van der Waals surface area contributed by atoms with Gasteiger partial charge in [-0.25, -0.2) is 0 Å². The SMILES string of the molecule is COCc1ccc(CNC(C)C(=O)N(C)C)cc1. The molecular formula is C14H22N2O2. The fraction of sp³-hybridized carbons (Fsp3) is 0.500. The van der Waals surface area contributed by atoms with Crippen molar-refractivity contribution in [2.45, 2.75) is 26.1 Å². The van der Waals surface area contributed by atoms with E-state index in [1.807, 2.05) is 31.2 Å². The van der Waals surface area contributed by atoms with Crippen molar-refractivity contribution in [1.82, 2.24) is 10.2 Å². The summed E-state index contributed by atoms with van der Waals surface area (Å²) < 4.78 is 5.06. The number of rotatable bonds is 6. The van der Waals surface area contributed by atoms with E-state index < -0.39 is 0 Å². The Morgan fingerprint density at radius 2 is 1.83 bits per heavy atom. The predicted molar refractivity (Wildman–Crippen MR) is 72.2 cm³/mol. The average molecular weight is 250 g/mol. The molecule has 1 amide bonds. The molecule has 1 atom stereocenters. The fourth-order valence-corrected chi connectivity index (χ4v) is 1.67. The molecule has 0 aliphatic carbocycles. The zero-order chi connectivity index (χ0) is 13.5. The van der Waals surface area contributed by atoms with Crippen LogP contribution < -0.4 is 5.32 Å². The van der Waals surface area contributed by atoms with Gasteiger partial charge >= 0.3 is 0 Å². The zero-order valence-corrected chi connectivity index (χ0v) is 11.6. The molecule has 0 bridgehead atoms. The number of hydrogen-bond donors (Lipinski definition) is 1. The predicted octanol–water partition coefficient (Wildman–Crippen LogP) is 1.40. The highest BCUT2D eigenvalue weighted by Crippen LogP contribution is 2.05. The van der Waals surface area contributed by atoms with E-state index >= 15 is 0 Å². The van der Waals surface area contributed by atoms with Gasteiger partial charge in [0.2, 0.25) is 5.91 Å². The van der Waals surface area contributed by atoms with Gasteiger partial charge in [0, 0.05) is 27.7 Å². The molecule has 18 heavy (non-hydrogen) atoms. The fourth-order valence-electron chi connectivity index (χ4n) is 1.67. The lowest BCUT2D eigenvalue weighted by atomic mass is 10.1. The molecule has 1 unspecified atom stereocenters. The van der Waals surface area contributed by atoms with E-state index in [0.717, 1.165) is 11.1 Å². The van der Waals surface area contributed by atoms with Gasteiger partial charge in [0.25, 0.3) is 0 Å². The number of methoxy groups -OCH3 is 1. The van der Waals surface area contributed by atoms with Gasteiger partial charge in [0.15, 0.2) is 0 Å². The van der Waals surface area contributed by atoms with Crippen molar-refractivity contribution in [3.63, 3.8) is 0 Å². The maximum Gasteiger partial charge on any atom is 0.238 e. The molecule has 0 aliphatic heterocycles. The van der Waals surface area contributed by atoms with Gasteiger partial charge in [-0.1, -0.05) is 24.3 Å². The van der Waals surface area contributed by atoms with Gasteiger partial charge in [0.05, 0.1) is 12.6 Å². The number of amides is 1. The number of hydrogen-bond acceptors (Lipinski definition) is 3. The Morgan fingerprint density at radius 3 is 2.33 bits per heavy atom. The largest absolute Gasteiger partial charge is 0.380 e. The Hall–Kier alpha value is -1.39. The lowest BCUT2D eigenvalue weighted by Crippen LogP contribution is -2.41. The van der Waals surface area contributed by atoms with Crippen molar-refractivity contribution in [1.29, 1.82) is 0 Å². The van der Waals surface area contributed by atoms with E-state index in [0.29, 0.717) is 13.2 Å². The lowest BCUT2D eigenvalue weighted by molar-refractivity contribution is -0.130. The average Bonchev–Trinajstić information content (AvgIpc) is 2.37. The van der Waals surface area contributed by atoms with Crippen LogP contribution in [0.3, 0.4) is 0 Å². The van der Waals surface area contributed by atoms with Crippen LogP contribution >= 0.6 is 0 Å². The van der Waals surface area contributed by atoms with Gasteiger partial charge in [-0.2, -0.15) is 0 Å². The van der Waals surface area contributed by atoms with E-state index in [-0.39, 0.29) is 11.9 Å². The van der Waals surface area contributed by atoms with Crippen LogP contribution in [0.1, 0.15) is 18.1 Å². The van der Waals surface area contributed by atoms with Crippen molar-refractivity contribution in [2.24, 2.45) is 0 Å². The first-order chi connectivity index (χ1) is 8.54. The second kappa shape index (κ2) is 7.13. The number of likely N-dealkylation sites (N-methyl/N-ethyl adjacent to an activating group) is 1. The number of carbonyl (C=O) groups excluding carboxylic acids is 1. The van der Waals surface area contributed by atoms with Crippen LogP contribution in [0.5, 0.6) is 0 Å². The van der Waals surface area contributed by atoms with Crippen LogP contribution in [-0.2, 0) is 22.7 Å². The Labute approximate surface area is 109 Å². The minimum atomic E-state index is -0.168. The topological polar surface area (TPSA) is 41.6 Å². The van der Waals surface area contributed by atoms with Crippen molar-refractivity contribution in [3.8, 4) is 0 Å². The molecule has 1 rings (SSSR count). The van der Waals surface area contributed by atoms with Crippen molar-refractivity contribution in [3.05, 3.63) is 35.4 Å². The molecule has 100 valence electrons. The number of ether oxygens (including phenoxy) is 1. The number of carbonyl (C=O) groups is 1. The van der Waals surface area contributed by atoms with E-state index in [1.165, 1.54) is 0 Å². The standard InChI is InChI=1S/C14H22N2O2/c1-11(14(17)16(2)3)15-9-12-5-7-13(8-6-12)10-18-4/h5-8,11,15H,9-10H2,1-4H3. The summed E-state index contributed by atoms with van der Waals surface area (Å²) in [5.41, 5.74) is 2.31. The zero-order valence-electron chi connectivity index (χ0n) is 11.6. The molecule has 0 spiro atoms. The summed E-state index contributed by atoms with van der Waals surface area (Å²) in [6.45, 7) is 3.19. The molecule has 1 aromatic rings. The second-order valence-corrected chi connectivity index (χ2v) is 4.58. The number of nitrogens with one attached hydrogen (secondary N) is 1. The molecule has 4 nitrogen and oxygen atoms in total. The first-order valence-corrected chi connectivity index (χ1v) is 6.06. The van der Waals surface area contributed by atoms with Crippen molar-refractivity contribution >= 4 is 5.91 Å². The summed E-state index contributed by atoms with van der Waals surface area (Å²) in [4.78, 5) is 13.2. The van der Waals surface area contributed by atoms with Gasteiger partial charge in [-0.05, 0) is 18.1 Å². The van der Waals surface area contributed by atoms with Crippen LogP contribution in [0, 0.1) is 0 Å². The summed E-state index contributed by atoms with van der Waals surface area (Å²) in [6.07, 6.45) is 0. The monoisotopic (exact) mass is 250 g/mol. The molecule has 0 saturated carbocycles. The Kier molecular flexibility index (Phi) is 5.82. The van der Waals surface area contributed by atoms with Crippen LogP contribution in [0.2, 0.25) is 0 Å². The third-order valence-corrected chi connectivity index (χ3v) is 2.76. The molecular weight excluding hydrogens is 228 g/mol. The first kappa shape index (κ1) is 14.7. The Morgan fingerprint density at radius 1 is 1.28 bits per heavy atom. The summed E-state index contributed by atoms with van der Waals surface area (Å²) in [5.74, 6) is 0.0889. The maximum absolute atomic E-state index is 11.7. The molecule has 0 aromatic heterocycles. The summed E-state index contributed by atoms with van der Waals surface area (Å²) in [5, 5.41) is 3.21. The smallest absolute Gasteiger partial charge is 0.238 e. The summed E-state index contributed by atoms with van der Waals surface area (Å²) in [7, 11) is 5.21. The van der Waals surface area contributed by atoms with E-state index in [9.17, 15) is 4.79 Å². The van der Waals surface area contributed by atoms with Crippen molar-refractivity contribution in [2.75, 3.05) is 21.2 Å². The highest BCUT2D eigenvalue weighted by Gasteiger charge is 2.13. The molecule has 1 N–H and O–H groups in total. The van der Waals surface area contributed by atoms with E-state index in [4.69, 9.17) is 4.74 Å². The molecule has 0 saturated heterocycles. The molecule has 4 heteroatoms. The maximum atomic E-state index is 11.7. The molecule has 0 aliphatic rings. The third-order valence-electron chi connectivity index (χ3n) is 2.76. The lowest BCUT2D eigenvalue weighted by Gasteiger charge is -2.18. The minimum absolute atomic E-state index is 0.0889. The minimum Gasteiger partial charge on any atom is -0.380 e. The molecule has 1 aromatic carbocycles. The highest BCUT2D eigenvalue weighted by atomic mass is 16.5. The summed E-state index contributed by atoms with van der Waals surface area (Å²) in [6, 6.07) is 8.01. The highest BCUT2D eigenvalue weighted by molar-refractivity contribution is 5.80. The Balaban J connectivity index is 2.46. The molecule has 0 heterocycles. The van der Waals surface area contributed by atoms with Crippen LogP contribution in [0.4, 0.5) is 0 Å². The second-order valence-electron chi connectivity index (χ2n) is 4.58. The van der Waals surface area contributed by atoms with Gasteiger partial charge in [-0.15, -0.1) is 0 Å². The van der Waals surface area contributed by atoms with Gasteiger partial charge < -0.3 is 15.0 Å². The molecule has 0 radical (unpaired) electrons. The summed E-state index contributed by atoms with van der Waals surface area (Å²) >= 11 is 0. The number of nitrogens with zero attached hydrogens (tertiary/aromatic N) is 1. The van der Waals surface area contributed by atoms with Crippen molar-refractivity contribution < 1.29 is 9.53 Å². The normalized spacial score (nSPS) is 12.2. The quantitative estimate of drug-likeness (QED) is 0.830. The van der Waals surface area contributed by atoms with E-state index in [2.05, 4.69) is 5.32 Å². The number of benzene rings is 1. The van der Waals surface area contributed by atoms with Gasteiger partial charge in [0.1, 0.15) is 0 Å². The van der Waals surface area contributed by atoms with Crippen LogP contribution in [-0.4, -0.2) is 38.1 Å². The molecule has 0 fully saturated rings. The first-order valence-electron chi connectivity index (χ1n) is 6.06. The Bertz CT molecular complexity index is 374. The van der Waals surface area contributed by atoms with E-state index in [1.54, 1.807) is 26.1 Å². The third kappa shape index (κ3) is 4.47.